The van der Waals surface area contributed by atoms with Crippen LogP contribution in [0.5, 0.6) is 0 Å². The largest absolute Gasteiger partial charge is 0.347 e. The van der Waals surface area contributed by atoms with Gasteiger partial charge in [-0.1, -0.05) is 15.9 Å². The molecule has 0 heterocycles. The molecule has 0 atom stereocenters. The van der Waals surface area contributed by atoms with Gasteiger partial charge in [-0.2, -0.15) is 0 Å². The fraction of sp³-hybridized carbons (Fsp3) is 0.364. The highest BCUT2D eigenvalue weighted by Gasteiger charge is 2.18. The quantitative estimate of drug-likeness (QED) is 0.674. The number of nitro groups is 1. The summed E-state index contributed by atoms with van der Waals surface area (Å²) in [6.07, 6.45) is 0. The fourth-order valence-electron chi connectivity index (χ4n) is 1.22. The van der Waals surface area contributed by atoms with Crippen molar-refractivity contribution < 1.29 is 9.72 Å². The van der Waals surface area contributed by atoms with Crippen molar-refractivity contribution in [1.82, 2.24) is 5.32 Å². The maximum atomic E-state index is 11.8. The Bertz CT molecular complexity index is 466. The van der Waals surface area contributed by atoms with E-state index in [-0.39, 0.29) is 22.7 Å². The summed E-state index contributed by atoms with van der Waals surface area (Å²) < 4.78 is 0.505. The van der Waals surface area contributed by atoms with Gasteiger partial charge in [0.05, 0.1) is 4.92 Å². The molecule has 0 spiro atoms. The van der Waals surface area contributed by atoms with Crippen molar-refractivity contribution in [3.8, 4) is 0 Å². The van der Waals surface area contributed by atoms with Gasteiger partial charge in [0.1, 0.15) is 0 Å². The van der Waals surface area contributed by atoms with E-state index in [1.165, 1.54) is 12.1 Å². The molecule has 1 amide bonds. The summed E-state index contributed by atoms with van der Waals surface area (Å²) in [5.41, 5.74) is -0.229. The second-order valence-corrected chi connectivity index (χ2v) is 5.58. The van der Waals surface area contributed by atoms with Crippen molar-refractivity contribution in [2.24, 2.45) is 0 Å². The summed E-state index contributed by atoms with van der Waals surface area (Å²) >= 11 is 3.14. The third-order valence-corrected chi connectivity index (χ3v) is 2.30. The summed E-state index contributed by atoms with van der Waals surface area (Å²) in [6.45, 7) is 5.53. The monoisotopic (exact) mass is 300 g/mol. The van der Waals surface area contributed by atoms with E-state index in [0.717, 1.165) is 0 Å². The van der Waals surface area contributed by atoms with Gasteiger partial charge in [0, 0.05) is 27.7 Å². The predicted molar refractivity (Wildman–Crippen MR) is 68.0 cm³/mol. The van der Waals surface area contributed by atoms with E-state index in [4.69, 9.17) is 0 Å². The van der Waals surface area contributed by atoms with Crippen molar-refractivity contribution in [2.45, 2.75) is 26.3 Å². The Morgan fingerprint density at radius 1 is 1.35 bits per heavy atom. The molecule has 1 aromatic rings. The van der Waals surface area contributed by atoms with E-state index in [9.17, 15) is 14.9 Å². The van der Waals surface area contributed by atoms with Gasteiger partial charge in [-0.15, -0.1) is 0 Å². The summed E-state index contributed by atoms with van der Waals surface area (Å²) in [5.74, 6) is -0.332. The molecule has 1 N–H and O–H groups in total. The number of non-ortho nitro benzene ring substituents is 1. The van der Waals surface area contributed by atoms with Crippen LogP contribution >= 0.6 is 15.9 Å². The normalized spacial score (nSPS) is 11.1. The molecule has 6 heteroatoms. The molecule has 0 aliphatic heterocycles. The number of carbonyl (C=O) groups excluding carboxylic acids is 1. The highest BCUT2D eigenvalue weighted by molar-refractivity contribution is 9.10. The van der Waals surface area contributed by atoms with Crippen LogP contribution in [0.4, 0.5) is 5.69 Å². The molecule has 0 saturated carbocycles. The van der Waals surface area contributed by atoms with Gasteiger partial charge in [0.15, 0.2) is 0 Å². The molecule has 0 saturated heterocycles. The molecule has 1 aromatic carbocycles. The zero-order valence-electron chi connectivity index (χ0n) is 9.78. The smallest absolute Gasteiger partial charge is 0.271 e. The van der Waals surface area contributed by atoms with Crippen molar-refractivity contribution >= 4 is 27.5 Å². The Morgan fingerprint density at radius 2 is 1.94 bits per heavy atom. The van der Waals surface area contributed by atoms with Crippen LogP contribution in [0.1, 0.15) is 31.1 Å². The number of halogens is 1. The van der Waals surface area contributed by atoms with Crippen molar-refractivity contribution in [2.75, 3.05) is 0 Å². The second kappa shape index (κ2) is 4.83. The molecule has 0 radical (unpaired) electrons. The number of nitro benzene ring substituents is 1. The highest BCUT2D eigenvalue weighted by Crippen LogP contribution is 2.21. The summed E-state index contributed by atoms with van der Waals surface area (Å²) in [6, 6.07) is 4.16. The lowest BCUT2D eigenvalue weighted by atomic mass is 10.1. The third kappa shape index (κ3) is 4.14. The van der Waals surface area contributed by atoms with Gasteiger partial charge < -0.3 is 5.32 Å². The number of rotatable bonds is 2. The number of nitrogens with one attached hydrogen (secondary N) is 1. The zero-order chi connectivity index (χ0) is 13.2. The minimum Gasteiger partial charge on any atom is -0.347 e. The molecule has 0 fully saturated rings. The van der Waals surface area contributed by atoms with E-state index in [0.29, 0.717) is 4.47 Å². The summed E-state index contributed by atoms with van der Waals surface area (Å²) in [7, 11) is 0. The van der Waals surface area contributed by atoms with Crippen molar-refractivity contribution in [3.63, 3.8) is 0 Å². The average Bonchev–Trinajstić information content (AvgIpc) is 2.13. The minimum atomic E-state index is -0.529. The molecule has 92 valence electrons. The van der Waals surface area contributed by atoms with Crippen LogP contribution in [0.2, 0.25) is 0 Å². The SMILES string of the molecule is CC(C)(C)NC(=O)c1cc(Br)cc([N+](=O)[O-])c1. The second-order valence-electron chi connectivity index (χ2n) is 4.66. The lowest BCUT2D eigenvalue weighted by Crippen LogP contribution is -2.40. The maximum absolute atomic E-state index is 11.8. The Morgan fingerprint density at radius 3 is 2.41 bits per heavy atom. The molecule has 0 aliphatic carbocycles. The molecule has 17 heavy (non-hydrogen) atoms. The molecule has 0 aliphatic rings. The number of hydrogen-bond acceptors (Lipinski definition) is 3. The minimum absolute atomic E-state index is 0.113. The number of nitrogens with zero attached hydrogens (tertiary/aromatic N) is 1. The maximum Gasteiger partial charge on any atom is 0.271 e. The fourth-order valence-corrected chi connectivity index (χ4v) is 1.70. The van der Waals surface area contributed by atoms with Crippen LogP contribution in [-0.4, -0.2) is 16.4 Å². The van der Waals surface area contributed by atoms with Gasteiger partial charge in [-0.3, -0.25) is 14.9 Å². The van der Waals surface area contributed by atoms with Crippen LogP contribution in [0.25, 0.3) is 0 Å². The lowest BCUT2D eigenvalue weighted by Gasteiger charge is -2.20. The first-order chi connectivity index (χ1) is 7.69. The van der Waals surface area contributed by atoms with Gasteiger partial charge in [-0.25, -0.2) is 0 Å². The zero-order valence-corrected chi connectivity index (χ0v) is 11.4. The Kier molecular flexibility index (Phi) is 3.87. The van der Waals surface area contributed by atoms with E-state index in [2.05, 4.69) is 21.2 Å². The van der Waals surface area contributed by atoms with E-state index < -0.39 is 4.92 Å². The van der Waals surface area contributed by atoms with Gasteiger partial charge in [0.25, 0.3) is 11.6 Å². The van der Waals surface area contributed by atoms with Crippen molar-refractivity contribution in [1.29, 1.82) is 0 Å². The van der Waals surface area contributed by atoms with Gasteiger partial charge in [-0.05, 0) is 26.8 Å². The van der Waals surface area contributed by atoms with Gasteiger partial charge in [0.2, 0.25) is 0 Å². The Hall–Kier alpha value is -1.43. The number of hydrogen-bond donors (Lipinski definition) is 1. The number of amides is 1. The van der Waals surface area contributed by atoms with E-state index in [1.54, 1.807) is 6.07 Å². The van der Waals surface area contributed by atoms with Gasteiger partial charge >= 0.3 is 0 Å². The average molecular weight is 301 g/mol. The standard InChI is InChI=1S/C11H13BrN2O3/c1-11(2,3)13-10(15)7-4-8(12)6-9(5-7)14(16)17/h4-6H,1-3H3,(H,13,15). The first kappa shape index (κ1) is 13.6. The van der Waals surface area contributed by atoms with Crippen LogP contribution in [-0.2, 0) is 0 Å². The van der Waals surface area contributed by atoms with Crippen LogP contribution in [0, 0.1) is 10.1 Å². The number of benzene rings is 1. The molecule has 0 unspecified atom stereocenters. The molecule has 0 bridgehead atoms. The Balaban J connectivity index is 3.06. The summed E-state index contributed by atoms with van der Waals surface area (Å²) in [5, 5.41) is 13.4. The Labute approximate surface area is 107 Å². The molecule has 1 rings (SSSR count). The van der Waals surface area contributed by atoms with Crippen LogP contribution in [0.3, 0.4) is 0 Å². The lowest BCUT2D eigenvalue weighted by molar-refractivity contribution is -0.385. The third-order valence-electron chi connectivity index (χ3n) is 1.84. The molecular formula is C11H13BrN2O3. The van der Waals surface area contributed by atoms with Crippen LogP contribution in [0.15, 0.2) is 22.7 Å². The van der Waals surface area contributed by atoms with Crippen LogP contribution < -0.4 is 5.32 Å². The topological polar surface area (TPSA) is 72.2 Å². The number of carbonyl (C=O) groups is 1. The van der Waals surface area contributed by atoms with E-state index in [1.807, 2.05) is 20.8 Å². The molecule has 0 aromatic heterocycles. The first-order valence-electron chi connectivity index (χ1n) is 4.96. The summed E-state index contributed by atoms with van der Waals surface area (Å²) in [4.78, 5) is 22.0. The predicted octanol–water partition coefficient (Wildman–Crippen LogP) is 2.89. The van der Waals surface area contributed by atoms with E-state index >= 15 is 0 Å². The highest BCUT2D eigenvalue weighted by atomic mass is 79.9. The first-order valence-corrected chi connectivity index (χ1v) is 5.76. The molecular weight excluding hydrogens is 288 g/mol. The van der Waals surface area contributed by atoms with Crippen molar-refractivity contribution in [3.05, 3.63) is 38.3 Å². The molecule has 5 nitrogen and oxygen atoms in total.